The lowest BCUT2D eigenvalue weighted by atomic mass is 9.80. The molecule has 3 fully saturated rings. The van der Waals surface area contributed by atoms with Gasteiger partial charge in [-0.3, -0.25) is 4.79 Å². The summed E-state index contributed by atoms with van der Waals surface area (Å²) in [6, 6.07) is 7.64. The van der Waals surface area contributed by atoms with E-state index in [1.807, 2.05) is 34.1 Å². The third kappa shape index (κ3) is 3.47. The van der Waals surface area contributed by atoms with Crippen molar-refractivity contribution in [1.82, 2.24) is 10.2 Å². The van der Waals surface area contributed by atoms with E-state index in [1.165, 1.54) is 12.8 Å². The first-order valence-electron chi connectivity index (χ1n) is 9.53. The molecule has 1 amide bonds. The molecule has 26 heavy (non-hydrogen) atoms. The number of rotatable bonds is 2. The molecule has 142 valence electrons. The van der Waals surface area contributed by atoms with Crippen LogP contribution in [0, 0.1) is 5.41 Å². The van der Waals surface area contributed by atoms with Crippen LogP contribution in [0.3, 0.4) is 0 Å². The minimum absolute atomic E-state index is 0.0801. The SMILES string of the molecule is O=C(c1ccccc1N1CCS(=O)(=O)CC1)N1CCC2(CCCNC2)C1. The molecule has 0 radical (unpaired) electrons. The van der Waals surface area contributed by atoms with Crippen LogP contribution in [0.5, 0.6) is 0 Å². The van der Waals surface area contributed by atoms with Gasteiger partial charge in [0, 0.05) is 43.8 Å². The van der Waals surface area contributed by atoms with E-state index in [0.717, 1.165) is 38.3 Å². The van der Waals surface area contributed by atoms with Crippen molar-refractivity contribution < 1.29 is 13.2 Å². The number of amides is 1. The average Bonchev–Trinajstić information content (AvgIpc) is 3.05. The maximum atomic E-state index is 13.2. The third-order valence-electron chi connectivity index (χ3n) is 6.11. The van der Waals surface area contributed by atoms with E-state index in [4.69, 9.17) is 0 Å². The number of nitrogens with one attached hydrogen (secondary N) is 1. The topological polar surface area (TPSA) is 69.7 Å². The number of piperidine rings is 1. The Kier molecular flexibility index (Phi) is 4.69. The maximum Gasteiger partial charge on any atom is 0.255 e. The Labute approximate surface area is 155 Å². The van der Waals surface area contributed by atoms with Crippen LogP contribution in [0.15, 0.2) is 24.3 Å². The number of hydrogen-bond acceptors (Lipinski definition) is 5. The first-order valence-corrected chi connectivity index (χ1v) is 11.3. The van der Waals surface area contributed by atoms with Gasteiger partial charge in [-0.2, -0.15) is 0 Å². The Morgan fingerprint density at radius 1 is 1.08 bits per heavy atom. The molecule has 4 rings (SSSR count). The lowest BCUT2D eigenvalue weighted by Gasteiger charge is -2.34. The van der Waals surface area contributed by atoms with Crippen molar-refractivity contribution >= 4 is 21.4 Å². The van der Waals surface area contributed by atoms with Crippen LogP contribution >= 0.6 is 0 Å². The predicted octanol–water partition coefficient (Wildman–Crippen LogP) is 1.14. The number of carbonyl (C=O) groups is 1. The van der Waals surface area contributed by atoms with Crippen LogP contribution in [0.4, 0.5) is 5.69 Å². The van der Waals surface area contributed by atoms with Crippen LogP contribution in [-0.4, -0.2) is 70.0 Å². The van der Waals surface area contributed by atoms with Gasteiger partial charge in [0.2, 0.25) is 0 Å². The van der Waals surface area contributed by atoms with Crippen LogP contribution in [0.2, 0.25) is 0 Å². The van der Waals surface area contributed by atoms with Crippen molar-refractivity contribution in [3.05, 3.63) is 29.8 Å². The van der Waals surface area contributed by atoms with Gasteiger partial charge in [0.1, 0.15) is 0 Å². The number of nitrogens with zero attached hydrogens (tertiary/aromatic N) is 2. The molecule has 1 unspecified atom stereocenters. The largest absolute Gasteiger partial charge is 0.369 e. The second-order valence-electron chi connectivity index (χ2n) is 7.91. The van der Waals surface area contributed by atoms with Crippen LogP contribution in [0.25, 0.3) is 0 Å². The molecule has 3 saturated heterocycles. The lowest BCUT2D eigenvalue weighted by molar-refractivity contribution is 0.0765. The van der Waals surface area contributed by atoms with Crippen molar-refractivity contribution in [2.45, 2.75) is 19.3 Å². The fourth-order valence-electron chi connectivity index (χ4n) is 4.54. The minimum atomic E-state index is -2.94. The highest BCUT2D eigenvalue weighted by Gasteiger charge is 2.41. The van der Waals surface area contributed by atoms with Crippen LogP contribution < -0.4 is 10.2 Å². The highest BCUT2D eigenvalue weighted by atomic mass is 32.2. The van der Waals surface area contributed by atoms with Gasteiger partial charge >= 0.3 is 0 Å². The van der Waals surface area contributed by atoms with Crippen molar-refractivity contribution in [2.24, 2.45) is 5.41 Å². The Morgan fingerprint density at radius 2 is 1.85 bits per heavy atom. The monoisotopic (exact) mass is 377 g/mol. The van der Waals surface area contributed by atoms with Crippen LogP contribution in [0.1, 0.15) is 29.6 Å². The molecule has 0 saturated carbocycles. The van der Waals surface area contributed by atoms with E-state index in [1.54, 1.807) is 0 Å². The highest BCUT2D eigenvalue weighted by Crippen LogP contribution is 2.37. The summed E-state index contributed by atoms with van der Waals surface area (Å²) in [5, 5.41) is 3.48. The minimum Gasteiger partial charge on any atom is -0.369 e. The van der Waals surface area contributed by atoms with E-state index < -0.39 is 9.84 Å². The normalized spacial score (nSPS) is 28.5. The molecule has 3 aliphatic rings. The van der Waals surface area contributed by atoms with E-state index in [9.17, 15) is 13.2 Å². The maximum absolute atomic E-state index is 13.2. The van der Waals surface area contributed by atoms with Gasteiger partial charge in [-0.05, 0) is 37.9 Å². The van der Waals surface area contributed by atoms with E-state index >= 15 is 0 Å². The Hall–Kier alpha value is -1.60. The second kappa shape index (κ2) is 6.85. The third-order valence-corrected chi connectivity index (χ3v) is 7.71. The summed E-state index contributed by atoms with van der Waals surface area (Å²) < 4.78 is 23.4. The summed E-state index contributed by atoms with van der Waals surface area (Å²) >= 11 is 0. The van der Waals surface area contributed by atoms with Crippen molar-refractivity contribution in [3.8, 4) is 0 Å². The molecule has 1 N–H and O–H groups in total. The molecule has 0 aromatic heterocycles. The van der Waals surface area contributed by atoms with Crippen molar-refractivity contribution in [1.29, 1.82) is 0 Å². The fraction of sp³-hybridized carbons (Fsp3) is 0.632. The number of benzene rings is 1. The molecule has 3 heterocycles. The smallest absolute Gasteiger partial charge is 0.255 e. The molecule has 3 aliphatic heterocycles. The van der Waals surface area contributed by atoms with Crippen LogP contribution in [-0.2, 0) is 9.84 Å². The molecule has 0 aliphatic carbocycles. The predicted molar refractivity (Wildman–Crippen MR) is 102 cm³/mol. The first kappa shape index (κ1) is 17.8. The van der Waals surface area contributed by atoms with E-state index in [2.05, 4.69) is 5.32 Å². The second-order valence-corrected chi connectivity index (χ2v) is 10.2. The Bertz CT molecular complexity index is 773. The molecule has 0 bridgehead atoms. The number of likely N-dealkylation sites (tertiary alicyclic amines) is 1. The summed E-state index contributed by atoms with van der Waals surface area (Å²) in [5.41, 5.74) is 1.81. The van der Waals surface area contributed by atoms with Gasteiger partial charge in [0.25, 0.3) is 5.91 Å². The van der Waals surface area contributed by atoms with Gasteiger partial charge in [-0.15, -0.1) is 0 Å². The number of carbonyl (C=O) groups excluding carboxylic acids is 1. The number of anilines is 1. The van der Waals surface area contributed by atoms with Gasteiger partial charge in [0.15, 0.2) is 9.84 Å². The van der Waals surface area contributed by atoms with Crippen molar-refractivity contribution in [3.63, 3.8) is 0 Å². The number of para-hydroxylation sites is 1. The number of hydrogen-bond donors (Lipinski definition) is 1. The standard InChI is InChI=1S/C19H27N3O3S/c23-18(22-9-7-19(15-22)6-3-8-20-14-19)16-4-1-2-5-17(16)21-10-12-26(24,25)13-11-21/h1-2,4-5,20H,3,6-15H2. The summed E-state index contributed by atoms with van der Waals surface area (Å²) in [5.74, 6) is 0.402. The summed E-state index contributed by atoms with van der Waals surface area (Å²) in [4.78, 5) is 17.3. The Balaban J connectivity index is 1.52. The fourth-order valence-corrected chi connectivity index (χ4v) is 5.74. The van der Waals surface area contributed by atoms with Crippen molar-refractivity contribution in [2.75, 3.05) is 55.7 Å². The lowest BCUT2D eigenvalue weighted by Crippen LogP contribution is -2.43. The molecule has 1 spiro atoms. The summed E-state index contributed by atoms with van der Waals surface area (Å²) in [7, 11) is -2.94. The zero-order valence-corrected chi connectivity index (χ0v) is 15.9. The van der Waals surface area contributed by atoms with Gasteiger partial charge in [-0.1, -0.05) is 12.1 Å². The highest BCUT2D eigenvalue weighted by molar-refractivity contribution is 7.91. The molecule has 1 aromatic carbocycles. The van der Waals surface area contributed by atoms with Gasteiger partial charge in [0.05, 0.1) is 17.1 Å². The summed E-state index contributed by atoms with van der Waals surface area (Å²) in [6.07, 6.45) is 3.44. The number of sulfone groups is 1. The Morgan fingerprint density at radius 3 is 2.58 bits per heavy atom. The van der Waals surface area contributed by atoms with Gasteiger partial charge < -0.3 is 15.1 Å². The first-order chi connectivity index (χ1) is 12.5. The average molecular weight is 378 g/mol. The molecule has 6 nitrogen and oxygen atoms in total. The molecule has 1 atom stereocenters. The molecule has 1 aromatic rings. The molecular weight excluding hydrogens is 350 g/mol. The quantitative estimate of drug-likeness (QED) is 0.837. The molecular formula is C19H27N3O3S. The van der Waals surface area contributed by atoms with Gasteiger partial charge in [-0.25, -0.2) is 8.42 Å². The van der Waals surface area contributed by atoms with E-state index in [-0.39, 0.29) is 22.8 Å². The summed E-state index contributed by atoms with van der Waals surface area (Å²) in [6.45, 7) is 4.63. The zero-order valence-electron chi connectivity index (χ0n) is 15.1. The van der Waals surface area contributed by atoms with E-state index in [0.29, 0.717) is 18.7 Å². The zero-order chi connectivity index (χ0) is 18.2. The molecule has 7 heteroatoms.